The SMILES string of the molecule is Cc1nnnn1-c1cccc(NC(=O)C2(CN)CCCC2)c1. The van der Waals surface area contributed by atoms with Crippen LogP contribution in [-0.2, 0) is 4.79 Å². The van der Waals surface area contributed by atoms with Crippen molar-refractivity contribution in [1.29, 1.82) is 0 Å². The fourth-order valence-corrected chi connectivity index (χ4v) is 3.03. The molecule has 1 aromatic carbocycles. The molecule has 1 aromatic heterocycles. The maximum atomic E-state index is 12.6. The first-order chi connectivity index (χ1) is 10.6. The molecule has 0 saturated heterocycles. The van der Waals surface area contributed by atoms with Crippen LogP contribution in [0.4, 0.5) is 5.69 Å². The Hall–Kier alpha value is -2.28. The number of tetrazole rings is 1. The van der Waals surface area contributed by atoms with Gasteiger partial charge in [0.15, 0.2) is 5.82 Å². The van der Waals surface area contributed by atoms with Crippen molar-refractivity contribution < 1.29 is 4.79 Å². The maximum absolute atomic E-state index is 12.6. The van der Waals surface area contributed by atoms with Gasteiger partial charge in [0, 0.05) is 12.2 Å². The molecule has 116 valence electrons. The topological polar surface area (TPSA) is 98.7 Å². The van der Waals surface area contributed by atoms with E-state index < -0.39 is 5.41 Å². The molecule has 7 nitrogen and oxygen atoms in total. The van der Waals surface area contributed by atoms with Crippen molar-refractivity contribution in [3.63, 3.8) is 0 Å². The number of amides is 1. The molecule has 1 saturated carbocycles. The van der Waals surface area contributed by atoms with Gasteiger partial charge in [-0.3, -0.25) is 4.79 Å². The Balaban J connectivity index is 1.81. The Labute approximate surface area is 128 Å². The zero-order valence-corrected chi connectivity index (χ0v) is 12.6. The van der Waals surface area contributed by atoms with Gasteiger partial charge in [-0.05, 0) is 48.4 Å². The van der Waals surface area contributed by atoms with Gasteiger partial charge >= 0.3 is 0 Å². The molecule has 1 heterocycles. The highest BCUT2D eigenvalue weighted by atomic mass is 16.2. The van der Waals surface area contributed by atoms with E-state index in [0.29, 0.717) is 12.4 Å². The molecular formula is C15H20N6O. The number of aryl methyl sites for hydroxylation is 1. The largest absolute Gasteiger partial charge is 0.329 e. The third-order valence-corrected chi connectivity index (χ3v) is 4.41. The van der Waals surface area contributed by atoms with Crippen LogP contribution in [0, 0.1) is 12.3 Å². The van der Waals surface area contributed by atoms with E-state index in [9.17, 15) is 4.79 Å². The molecule has 0 atom stereocenters. The number of hydrogen-bond donors (Lipinski definition) is 2. The van der Waals surface area contributed by atoms with Crippen molar-refractivity contribution in [2.24, 2.45) is 11.1 Å². The minimum atomic E-state index is -0.416. The van der Waals surface area contributed by atoms with Gasteiger partial charge in [0.1, 0.15) is 0 Å². The molecule has 3 N–H and O–H groups in total. The van der Waals surface area contributed by atoms with Crippen LogP contribution in [0.1, 0.15) is 31.5 Å². The van der Waals surface area contributed by atoms with Crippen LogP contribution in [0.5, 0.6) is 0 Å². The first kappa shape index (κ1) is 14.6. The molecule has 1 fully saturated rings. The molecule has 1 aliphatic carbocycles. The minimum absolute atomic E-state index is 0.0121. The second-order valence-corrected chi connectivity index (χ2v) is 5.83. The van der Waals surface area contributed by atoms with Crippen molar-refractivity contribution in [2.75, 3.05) is 11.9 Å². The smallest absolute Gasteiger partial charge is 0.231 e. The molecule has 7 heteroatoms. The third-order valence-electron chi connectivity index (χ3n) is 4.41. The first-order valence-electron chi connectivity index (χ1n) is 7.52. The molecule has 0 spiro atoms. The summed E-state index contributed by atoms with van der Waals surface area (Å²) in [4.78, 5) is 12.6. The van der Waals surface area contributed by atoms with Gasteiger partial charge in [0.2, 0.25) is 5.91 Å². The van der Waals surface area contributed by atoms with Crippen LogP contribution in [0.25, 0.3) is 5.69 Å². The summed E-state index contributed by atoms with van der Waals surface area (Å²) in [6, 6.07) is 7.49. The molecule has 2 aromatic rings. The maximum Gasteiger partial charge on any atom is 0.231 e. The molecule has 1 aliphatic rings. The van der Waals surface area contributed by atoms with Crippen LogP contribution in [-0.4, -0.2) is 32.7 Å². The zero-order valence-electron chi connectivity index (χ0n) is 12.6. The molecule has 1 amide bonds. The predicted molar refractivity (Wildman–Crippen MR) is 82.5 cm³/mol. The van der Waals surface area contributed by atoms with E-state index in [0.717, 1.165) is 37.1 Å². The van der Waals surface area contributed by atoms with Crippen LogP contribution in [0.15, 0.2) is 24.3 Å². The van der Waals surface area contributed by atoms with E-state index >= 15 is 0 Å². The Morgan fingerprint density at radius 2 is 2.18 bits per heavy atom. The molecule has 22 heavy (non-hydrogen) atoms. The Morgan fingerprint density at radius 1 is 1.41 bits per heavy atom. The van der Waals surface area contributed by atoms with E-state index in [4.69, 9.17) is 5.73 Å². The molecular weight excluding hydrogens is 280 g/mol. The van der Waals surface area contributed by atoms with Gasteiger partial charge in [0.25, 0.3) is 0 Å². The average molecular weight is 300 g/mol. The van der Waals surface area contributed by atoms with Crippen molar-refractivity contribution in [3.05, 3.63) is 30.1 Å². The summed E-state index contributed by atoms with van der Waals surface area (Å²) in [6.45, 7) is 2.22. The number of nitrogens with one attached hydrogen (secondary N) is 1. The quantitative estimate of drug-likeness (QED) is 0.890. The summed E-state index contributed by atoms with van der Waals surface area (Å²) in [6.07, 6.45) is 3.85. The number of aromatic nitrogens is 4. The number of carbonyl (C=O) groups excluding carboxylic acids is 1. The lowest BCUT2D eigenvalue weighted by atomic mass is 9.85. The predicted octanol–water partition coefficient (Wildman–Crippen LogP) is 1.43. The first-order valence-corrected chi connectivity index (χ1v) is 7.52. The second-order valence-electron chi connectivity index (χ2n) is 5.83. The van der Waals surface area contributed by atoms with Crippen molar-refractivity contribution in [1.82, 2.24) is 20.2 Å². The number of anilines is 1. The monoisotopic (exact) mass is 300 g/mol. The van der Waals surface area contributed by atoms with E-state index in [2.05, 4.69) is 20.8 Å². The minimum Gasteiger partial charge on any atom is -0.329 e. The molecule has 0 aliphatic heterocycles. The number of nitrogens with two attached hydrogens (primary N) is 1. The molecule has 0 radical (unpaired) electrons. The zero-order chi connectivity index (χ0) is 15.6. The fourth-order valence-electron chi connectivity index (χ4n) is 3.03. The van der Waals surface area contributed by atoms with Crippen molar-refractivity contribution in [2.45, 2.75) is 32.6 Å². The Kier molecular flexibility index (Phi) is 3.89. The van der Waals surface area contributed by atoms with E-state index in [1.54, 1.807) is 4.68 Å². The van der Waals surface area contributed by atoms with E-state index in [-0.39, 0.29) is 5.91 Å². The summed E-state index contributed by atoms with van der Waals surface area (Å²) in [5.74, 6) is 0.704. The van der Waals surface area contributed by atoms with Gasteiger partial charge in [-0.25, -0.2) is 0 Å². The van der Waals surface area contributed by atoms with Gasteiger partial charge in [-0.2, -0.15) is 4.68 Å². The number of benzene rings is 1. The average Bonchev–Trinajstić information content (AvgIpc) is 3.17. The molecule has 0 bridgehead atoms. The lowest BCUT2D eigenvalue weighted by molar-refractivity contribution is -0.124. The fraction of sp³-hybridized carbons (Fsp3) is 0.467. The van der Waals surface area contributed by atoms with Crippen LogP contribution < -0.4 is 11.1 Å². The Morgan fingerprint density at radius 3 is 2.82 bits per heavy atom. The normalized spacial score (nSPS) is 16.6. The Bertz CT molecular complexity index is 674. The van der Waals surface area contributed by atoms with Gasteiger partial charge < -0.3 is 11.1 Å². The highest BCUT2D eigenvalue weighted by Crippen LogP contribution is 2.38. The lowest BCUT2D eigenvalue weighted by Gasteiger charge is -2.25. The highest BCUT2D eigenvalue weighted by molar-refractivity contribution is 5.95. The standard InChI is InChI=1S/C15H20N6O/c1-11-18-19-20-21(11)13-6-4-5-12(9-13)17-14(22)15(10-16)7-2-3-8-15/h4-6,9H,2-3,7-8,10,16H2,1H3,(H,17,22). The number of carbonyl (C=O) groups is 1. The van der Waals surface area contributed by atoms with Crippen LogP contribution >= 0.6 is 0 Å². The van der Waals surface area contributed by atoms with Gasteiger partial charge in [-0.1, -0.05) is 18.9 Å². The lowest BCUT2D eigenvalue weighted by Crippen LogP contribution is -2.40. The number of rotatable bonds is 4. The van der Waals surface area contributed by atoms with E-state index in [1.807, 2.05) is 31.2 Å². The number of nitrogens with zero attached hydrogens (tertiary/aromatic N) is 4. The summed E-state index contributed by atoms with van der Waals surface area (Å²) in [7, 11) is 0. The summed E-state index contributed by atoms with van der Waals surface area (Å²) < 4.78 is 1.63. The van der Waals surface area contributed by atoms with Crippen LogP contribution in [0.2, 0.25) is 0 Å². The van der Waals surface area contributed by atoms with Gasteiger partial charge in [0.05, 0.1) is 11.1 Å². The van der Waals surface area contributed by atoms with Crippen LogP contribution in [0.3, 0.4) is 0 Å². The highest BCUT2D eigenvalue weighted by Gasteiger charge is 2.39. The molecule has 0 unspecified atom stereocenters. The van der Waals surface area contributed by atoms with E-state index in [1.165, 1.54) is 0 Å². The summed E-state index contributed by atoms with van der Waals surface area (Å²) in [5.41, 5.74) is 6.99. The van der Waals surface area contributed by atoms with Gasteiger partial charge in [-0.15, -0.1) is 5.10 Å². The third kappa shape index (κ3) is 2.59. The summed E-state index contributed by atoms with van der Waals surface area (Å²) >= 11 is 0. The number of hydrogen-bond acceptors (Lipinski definition) is 5. The van der Waals surface area contributed by atoms with Crippen molar-refractivity contribution >= 4 is 11.6 Å². The molecule has 3 rings (SSSR count). The summed E-state index contributed by atoms with van der Waals surface area (Å²) in [5, 5.41) is 14.4. The second kappa shape index (κ2) is 5.84. The van der Waals surface area contributed by atoms with Crippen molar-refractivity contribution in [3.8, 4) is 5.69 Å².